The molecular formula is C17H36N2. The number of unbranched alkanes of at least 4 members (excludes halogenated alkanes) is 2. The maximum absolute atomic E-state index is 5.84. The Labute approximate surface area is 121 Å². The van der Waals surface area contributed by atoms with Crippen molar-refractivity contribution in [3.8, 4) is 0 Å². The fraction of sp³-hybridized carbons (Fsp3) is 1.00. The fourth-order valence-electron chi connectivity index (χ4n) is 3.66. The highest BCUT2D eigenvalue weighted by Gasteiger charge is 2.43. The molecule has 1 saturated heterocycles. The van der Waals surface area contributed by atoms with Gasteiger partial charge in [-0.3, -0.25) is 4.90 Å². The maximum atomic E-state index is 5.84. The van der Waals surface area contributed by atoms with Gasteiger partial charge in [0.15, 0.2) is 0 Å². The Morgan fingerprint density at radius 3 is 2.16 bits per heavy atom. The second kappa shape index (κ2) is 8.97. The van der Waals surface area contributed by atoms with Gasteiger partial charge in [0.25, 0.3) is 0 Å². The van der Waals surface area contributed by atoms with Gasteiger partial charge in [0.05, 0.1) is 0 Å². The predicted octanol–water partition coefficient (Wildman–Crippen LogP) is 4.19. The average Bonchev–Trinajstić information content (AvgIpc) is 2.37. The molecule has 2 N–H and O–H groups in total. The molecule has 0 amide bonds. The summed E-state index contributed by atoms with van der Waals surface area (Å²) in [7, 11) is 0. The molecule has 0 spiro atoms. The summed E-state index contributed by atoms with van der Waals surface area (Å²) in [6.45, 7) is 10.4. The van der Waals surface area contributed by atoms with Crippen molar-refractivity contribution in [3.05, 3.63) is 0 Å². The van der Waals surface area contributed by atoms with E-state index in [-0.39, 0.29) is 0 Å². The van der Waals surface area contributed by atoms with E-state index in [1.165, 1.54) is 70.9 Å². The number of nitrogens with zero attached hydrogens (tertiary/aromatic N) is 1. The van der Waals surface area contributed by atoms with E-state index in [9.17, 15) is 0 Å². The van der Waals surface area contributed by atoms with Crippen LogP contribution in [0, 0.1) is 5.41 Å². The number of hydrogen-bond donors (Lipinski definition) is 1. The summed E-state index contributed by atoms with van der Waals surface area (Å²) in [6, 6.07) is 0.845. The van der Waals surface area contributed by atoms with Crippen LogP contribution >= 0.6 is 0 Å². The molecule has 114 valence electrons. The van der Waals surface area contributed by atoms with Crippen LogP contribution < -0.4 is 5.73 Å². The molecule has 1 aliphatic heterocycles. The van der Waals surface area contributed by atoms with E-state index in [0.29, 0.717) is 5.41 Å². The zero-order valence-electron chi connectivity index (χ0n) is 13.6. The van der Waals surface area contributed by atoms with E-state index in [2.05, 4.69) is 25.7 Å². The first-order chi connectivity index (χ1) is 9.21. The van der Waals surface area contributed by atoms with Gasteiger partial charge in [-0.05, 0) is 37.6 Å². The van der Waals surface area contributed by atoms with E-state index in [1.807, 2.05) is 0 Å². The molecule has 0 aromatic rings. The van der Waals surface area contributed by atoms with Crippen molar-refractivity contribution in [2.45, 2.75) is 84.6 Å². The first-order valence-corrected chi connectivity index (χ1v) is 8.65. The van der Waals surface area contributed by atoms with Crippen LogP contribution in [0.3, 0.4) is 0 Å². The number of nitrogens with two attached hydrogens (primary N) is 1. The van der Waals surface area contributed by atoms with E-state index < -0.39 is 0 Å². The van der Waals surface area contributed by atoms with Crippen LogP contribution in [0.4, 0.5) is 0 Å². The van der Waals surface area contributed by atoms with Gasteiger partial charge < -0.3 is 5.73 Å². The van der Waals surface area contributed by atoms with Crippen molar-refractivity contribution >= 4 is 0 Å². The monoisotopic (exact) mass is 268 g/mol. The third-order valence-electron chi connectivity index (χ3n) is 4.84. The Bertz CT molecular complexity index is 221. The molecule has 1 heterocycles. The first-order valence-electron chi connectivity index (χ1n) is 8.65. The zero-order valence-corrected chi connectivity index (χ0v) is 13.6. The molecule has 0 aromatic heterocycles. The minimum atomic E-state index is 0.572. The summed E-state index contributed by atoms with van der Waals surface area (Å²) in [5.41, 5.74) is 6.41. The van der Waals surface area contributed by atoms with Gasteiger partial charge in [0.2, 0.25) is 0 Å². The quantitative estimate of drug-likeness (QED) is 0.609. The Balaban J connectivity index is 2.44. The van der Waals surface area contributed by atoms with Crippen LogP contribution in [0.1, 0.15) is 78.6 Å². The standard InChI is InChI=1S/C17H36N2/c1-4-7-10-16(9-6-3)19-14-17(15-19,12-13-18)11-8-5-2/h16H,4-15,18H2,1-3H3. The van der Waals surface area contributed by atoms with Crippen molar-refractivity contribution in [3.63, 3.8) is 0 Å². The molecule has 2 heteroatoms. The molecule has 19 heavy (non-hydrogen) atoms. The van der Waals surface area contributed by atoms with Crippen LogP contribution in [-0.2, 0) is 0 Å². The smallest absolute Gasteiger partial charge is 0.00956 e. The fourth-order valence-corrected chi connectivity index (χ4v) is 3.66. The van der Waals surface area contributed by atoms with Gasteiger partial charge in [-0.2, -0.15) is 0 Å². The highest BCUT2D eigenvalue weighted by atomic mass is 15.2. The molecule has 0 bridgehead atoms. The minimum Gasteiger partial charge on any atom is -0.330 e. The summed E-state index contributed by atoms with van der Waals surface area (Å²) < 4.78 is 0. The second-order valence-electron chi connectivity index (χ2n) is 6.63. The van der Waals surface area contributed by atoms with E-state index >= 15 is 0 Å². The van der Waals surface area contributed by atoms with E-state index in [0.717, 1.165) is 12.6 Å². The lowest BCUT2D eigenvalue weighted by atomic mass is 9.72. The number of likely N-dealkylation sites (tertiary alicyclic amines) is 1. The van der Waals surface area contributed by atoms with Crippen molar-refractivity contribution in [2.24, 2.45) is 11.1 Å². The SMILES string of the molecule is CCCCC(CCC)N1CC(CCN)(CCCC)C1. The molecule has 0 aliphatic carbocycles. The summed E-state index contributed by atoms with van der Waals surface area (Å²) in [5.74, 6) is 0. The van der Waals surface area contributed by atoms with Crippen LogP contribution in [0.2, 0.25) is 0 Å². The van der Waals surface area contributed by atoms with Gasteiger partial charge in [-0.15, -0.1) is 0 Å². The summed E-state index contributed by atoms with van der Waals surface area (Å²) in [6.07, 6.45) is 12.1. The lowest BCUT2D eigenvalue weighted by Crippen LogP contribution is -2.60. The molecule has 1 fully saturated rings. The summed E-state index contributed by atoms with van der Waals surface area (Å²) >= 11 is 0. The van der Waals surface area contributed by atoms with E-state index in [4.69, 9.17) is 5.73 Å². The maximum Gasteiger partial charge on any atom is 0.00956 e. The lowest BCUT2D eigenvalue weighted by molar-refractivity contribution is -0.0474. The molecular weight excluding hydrogens is 232 g/mol. The third kappa shape index (κ3) is 5.07. The van der Waals surface area contributed by atoms with Crippen LogP contribution in [-0.4, -0.2) is 30.6 Å². The number of hydrogen-bond acceptors (Lipinski definition) is 2. The summed E-state index contributed by atoms with van der Waals surface area (Å²) in [4.78, 5) is 2.75. The summed E-state index contributed by atoms with van der Waals surface area (Å²) in [5, 5.41) is 0. The lowest BCUT2D eigenvalue weighted by Gasteiger charge is -2.54. The number of rotatable bonds is 11. The van der Waals surface area contributed by atoms with Crippen LogP contribution in [0.25, 0.3) is 0 Å². The van der Waals surface area contributed by atoms with Gasteiger partial charge in [-0.1, -0.05) is 52.9 Å². The molecule has 0 aromatic carbocycles. The minimum absolute atomic E-state index is 0.572. The Hall–Kier alpha value is -0.0800. The van der Waals surface area contributed by atoms with Crippen LogP contribution in [0.15, 0.2) is 0 Å². The molecule has 1 atom stereocenters. The van der Waals surface area contributed by atoms with Gasteiger partial charge in [0, 0.05) is 19.1 Å². The highest BCUT2D eigenvalue weighted by molar-refractivity contribution is 4.97. The van der Waals surface area contributed by atoms with Crippen molar-refractivity contribution < 1.29 is 0 Å². The predicted molar refractivity (Wildman–Crippen MR) is 85.4 cm³/mol. The van der Waals surface area contributed by atoms with Gasteiger partial charge in [-0.25, -0.2) is 0 Å². The molecule has 0 saturated carbocycles. The van der Waals surface area contributed by atoms with Crippen molar-refractivity contribution in [2.75, 3.05) is 19.6 Å². The van der Waals surface area contributed by atoms with Gasteiger partial charge >= 0.3 is 0 Å². The molecule has 1 aliphatic rings. The first kappa shape index (κ1) is 17.0. The third-order valence-corrected chi connectivity index (χ3v) is 4.84. The molecule has 1 rings (SSSR count). The zero-order chi connectivity index (χ0) is 14.1. The van der Waals surface area contributed by atoms with E-state index in [1.54, 1.807) is 0 Å². The molecule has 1 unspecified atom stereocenters. The largest absolute Gasteiger partial charge is 0.330 e. The van der Waals surface area contributed by atoms with Gasteiger partial charge in [0.1, 0.15) is 0 Å². The Morgan fingerprint density at radius 2 is 1.63 bits per heavy atom. The molecule has 2 nitrogen and oxygen atoms in total. The van der Waals surface area contributed by atoms with Crippen LogP contribution in [0.5, 0.6) is 0 Å². The Kier molecular flexibility index (Phi) is 8.01. The topological polar surface area (TPSA) is 29.3 Å². The normalized spacial score (nSPS) is 20.2. The average molecular weight is 268 g/mol. The molecule has 0 radical (unpaired) electrons. The Morgan fingerprint density at radius 1 is 0.947 bits per heavy atom. The highest BCUT2D eigenvalue weighted by Crippen LogP contribution is 2.41. The second-order valence-corrected chi connectivity index (χ2v) is 6.63. The van der Waals surface area contributed by atoms with Crippen molar-refractivity contribution in [1.29, 1.82) is 0 Å². The van der Waals surface area contributed by atoms with Crippen molar-refractivity contribution in [1.82, 2.24) is 4.90 Å².